The Kier molecular flexibility index (Phi) is 4.93. The van der Waals surface area contributed by atoms with Crippen molar-refractivity contribution in [2.75, 3.05) is 26.2 Å². The molecule has 0 radical (unpaired) electrons. The molecule has 0 N–H and O–H groups in total. The fourth-order valence-electron chi connectivity index (χ4n) is 3.01. The fraction of sp³-hybridized carbons (Fsp3) is 0.300. The summed E-state index contributed by atoms with van der Waals surface area (Å²) < 4.78 is 0. The van der Waals surface area contributed by atoms with Gasteiger partial charge in [-0.15, -0.1) is 0 Å². The van der Waals surface area contributed by atoms with Gasteiger partial charge in [0.25, 0.3) is 5.91 Å². The van der Waals surface area contributed by atoms with Crippen molar-refractivity contribution < 1.29 is 4.79 Å². The number of rotatable bonds is 3. The summed E-state index contributed by atoms with van der Waals surface area (Å²) in [7, 11) is 0. The van der Waals surface area contributed by atoms with E-state index in [1.165, 1.54) is 11.1 Å². The van der Waals surface area contributed by atoms with Crippen LogP contribution in [0.15, 0.2) is 48.5 Å². The first kappa shape index (κ1) is 16.2. The molecule has 1 heterocycles. The monoisotopic (exact) mass is 319 g/mol. The zero-order valence-corrected chi connectivity index (χ0v) is 13.9. The third kappa shape index (κ3) is 3.64. The standard InChI is InChI=1S/C20H21N3O/c1-16-4-2-3-5-19(16)15-22-10-12-23(13-11-22)20(24)18-8-6-17(14-21)7-9-18/h2-9H,10-13,15H2,1H3. The Morgan fingerprint density at radius 2 is 1.71 bits per heavy atom. The first-order chi connectivity index (χ1) is 11.7. The number of hydrogen-bond acceptors (Lipinski definition) is 3. The van der Waals surface area contributed by atoms with Crippen LogP contribution in [0.5, 0.6) is 0 Å². The van der Waals surface area contributed by atoms with Gasteiger partial charge in [-0.05, 0) is 42.3 Å². The van der Waals surface area contributed by atoms with E-state index in [0.29, 0.717) is 11.1 Å². The number of nitrogens with zero attached hydrogens (tertiary/aromatic N) is 3. The summed E-state index contributed by atoms with van der Waals surface area (Å²) in [6.07, 6.45) is 0. The van der Waals surface area contributed by atoms with E-state index >= 15 is 0 Å². The normalized spacial score (nSPS) is 15.1. The quantitative estimate of drug-likeness (QED) is 0.874. The Morgan fingerprint density at radius 1 is 1.04 bits per heavy atom. The number of amides is 1. The minimum Gasteiger partial charge on any atom is -0.336 e. The molecule has 4 nitrogen and oxygen atoms in total. The number of benzene rings is 2. The van der Waals surface area contributed by atoms with Gasteiger partial charge in [0.15, 0.2) is 0 Å². The molecular weight excluding hydrogens is 298 g/mol. The zero-order valence-electron chi connectivity index (χ0n) is 13.9. The molecule has 1 amide bonds. The molecule has 1 fully saturated rings. The molecule has 0 unspecified atom stereocenters. The summed E-state index contributed by atoms with van der Waals surface area (Å²) in [5, 5.41) is 8.83. The van der Waals surface area contributed by atoms with E-state index in [-0.39, 0.29) is 5.91 Å². The molecule has 1 saturated heterocycles. The first-order valence-corrected chi connectivity index (χ1v) is 8.23. The number of nitriles is 1. The van der Waals surface area contributed by atoms with Crippen LogP contribution in [0.4, 0.5) is 0 Å². The Morgan fingerprint density at radius 3 is 2.33 bits per heavy atom. The van der Waals surface area contributed by atoms with Crippen LogP contribution in [-0.4, -0.2) is 41.9 Å². The molecule has 1 aliphatic rings. The molecule has 3 rings (SSSR count). The molecule has 2 aromatic rings. The third-order valence-corrected chi connectivity index (χ3v) is 4.58. The summed E-state index contributed by atoms with van der Waals surface area (Å²) in [6, 6.07) is 17.4. The van der Waals surface area contributed by atoms with Gasteiger partial charge in [0.05, 0.1) is 11.6 Å². The SMILES string of the molecule is Cc1ccccc1CN1CCN(C(=O)c2ccc(C#N)cc2)CC1. The van der Waals surface area contributed by atoms with Crippen LogP contribution in [-0.2, 0) is 6.54 Å². The van der Waals surface area contributed by atoms with Crippen molar-refractivity contribution in [3.8, 4) is 6.07 Å². The number of piperazine rings is 1. The molecule has 0 spiro atoms. The maximum absolute atomic E-state index is 12.5. The van der Waals surface area contributed by atoms with Crippen molar-refractivity contribution in [1.82, 2.24) is 9.80 Å². The summed E-state index contributed by atoms with van der Waals surface area (Å²) in [5.74, 6) is 0.0510. The van der Waals surface area contributed by atoms with E-state index in [9.17, 15) is 4.79 Å². The highest BCUT2D eigenvalue weighted by atomic mass is 16.2. The van der Waals surface area contributed by atoms with Crippen LogP contribution < -0.4 is 0 Å². The van der Waals surface area contributed by atoms with E-state index < -0.39 is 0 Å². The predicted octanol–water partition coefficient (Wildman–Crippen LogP) is 2.82. The van der Waals surface area contributed by atoms with Crippen molar-refractivity contribution in [1.29, 1.82) is 5.26 Å². The molecule has 0 aromatic heterocycles. The van der Waals surface area contributed by atoms with E-state index in [4.69, 9.17) is 5.26 Å². The van der Waals surface area contributed by atoms with Crippen LogP contribution in [0.3, 0.4) is 0 Å². The van der Waals surface area contributed by atoms with E-state index in [0.717, 1.165) is 32.7 Å². The Bertz CT molecular complexity index is 753. The molecular formula is C20H21N3O. The maximum atomic E-state index is 12.5. The van der Waals surface area contributed by atoms with Gasteiger partial charge in [-0.25, -0.2) is 0 Å². The van der Waals surface area contributed by atoms with Gasteiger partial charge in [0, 0.05) is 38.3 Å². The second kappa shape index (κ2) is 7.29. The summed E-state index contributed by atoms with van der Waals surface area (Å²) >= 11 is 0. The Hall–Kier alpha value is -2.64. The lowest BCUT2D eigenvalue weighted by molar-refractivity contribution is 0.0628. The van der Waals surface area contributed by atoms with Gasteiger partial charge < -0.3 is 4.90 Å². The average molecular weight is 319 g/mol. The van der Waals surface area contributed by atoms with Gasteiger partial charge in [0.2, 0.25) is 0 Å². The minimum atomic E-state index is 0.0510. The average Bonchev–Trinajstić information content (AvgIpc) is 2.64. The van der Waals surface area contributed by atoms with Gasteiger partial charge in [-0.1, -0.05) is 24.3 Å². The van der Waals surface area contributed by atoms with Gasteiger partial charge >= 0.3 is 0 Å². The van der Waals surface area contributed by atoms with Crippen LogP contribution in [0.2, 0.25) is 0 Å². The number of hydrogen-bond donors (Lipinski definition) is 0. The van der Waals surface area contributed by atoms with Crippen LogP contribution in [0.25, 0.3) is 0 Å². The number of carbonyl (C=O) groups excluding carboxylic acids is 1. The van der Waals surface area contributed by atoms with Gasteiger partial charge in [-0.2, -0.15) is 5.26 Å². The summed E-state index contributed by atoms with van der Waals surface area (Å²) in [6.45, 7) is 6.33. The van der Waals surface area contributed by atoms with Crippen LogP contribution in [0.1, 0.15) is 27.0 Å². The molecule has 0 aliphatic carbocycles. The fourth-order valence-corrected chi connectivity index (χ4v) is 3.01. The van der Waals surface area contributed by atoms with E-state index in [2.05, 4.69) is 42.2 Å². The highest BCUT2D eigenvalue weighted by Gasteiger charge is 2.22. The topological polar surface area (TPSA) is 47.3 Å². The Balaban J connectivity index is 1.57. The highest BCUT2D eigenvalue weighted by Crippen LogP contribution is 2.14. The van der Waals surface area contributed by atoms with Crippen LogP contribution >= 0.6 is 0 Å². The second-order valence-electron chi connectivity index (χ2n) is 6.18. The second-order valence-corrected chi connectivity index (χ2v) is 6.18. The van der Waals surface area contributed by atoms with Crippen molar-refractivity contribution in [2.45, 2.75) is 13.5 Å². The third-order valence-electron chi connectivity index (χ3n) is 4.58. The van der Waals surface area contributed by atoms with Crippen LogP contribution in [0, 0.1) is 18.3 Å². The van der Waals surface area contributed by atoms with Crippen molar-refractivity contribution in [3.05, 3.63) is 70.8 Å². The minimum absolute atomic E-state index is 0.0510. The smallest absolute Gasteiger partial charge is 0.253 e. The van der Waals surface area contributed by atoms with Gasteiger partial charge in [-0.3, -0.25) is 9.69 Å². The van der Waals surface area contributed by atoms with Crippen molar-refractivity contribution >= 4 is 5.91 Å². The largest absolute Gasteiger partial charge is 0.336 e. The molecule has 24 heavy (non-hydrogen) atoms. The predicted molar refractivity (Wildman–Crippen MR) is 93.5 cm³/mol. The number of aryl methyl sites for hydroxylation is 1. The molecule has 0 bridgehead atoms. The lowest BCUT2D eigenvalue weighted by atomic mass is 10.1. The molecule has 2 aromatic carbocycles. The van der Waals surface area contributed by atoms with Gasteiger partial charge in [0.1, 0.15) is 0 Å². The van der Waals surface area contributed by atoms with Crippen molar-refractivity contribution in [3.63, 3.8) is 0 Å². The first-order valence-electron chi connectivity index (χ1n) is 8.23. The highest BCUT2D eigenvalue weighted by molar-refractivity contribution is 5.94. The lowest BCUT2D eigenvalue weighted by Gasteiger charge is -2.35. The number of carbonyl (C=O) groups is 1. The summed E-state index contributed by atoms with van der Waals surface area (Å²) in [5.41, 5.74) is 3.90. The maximum Gasteiger partial charge on any atom is 0.253 e. The molecule has 0 atom stereocenters. The lowest BCUT2D eigenvalue weighted by Crippen LogP contribution is -2.48. The van der Waals surface area contributed by atoms with Crippen molar-refractivity contribution in [2.24, 2.45) is 0 Å². The molecule has 0 saturated carbocycles. The molecule has 1 aliphatic heterocycles. The zero-order chi connectivity index (χ0) is 16.9. The van der Waals surface area contributed by atoms with E-state index in [1.807, 2.05) is 4.90 Å². The molecule has 4 heteroatoms. The molecule has 122 valence electrons. The van der Waals surface area contributed by atoms with E-state index in [1.54, 1.807) is 24.3 Å². The summed E-state index contributed by atoms with van der Waals surface area (Å²) in [4.78, 5) is 16.8. The Labute approximate surface area is 142 Å².